The predicted octanol–water partition coefficient (Wildman–Crippen LogP) is 2.76. The average Bonchev–Trinajstić information content (AvgIpc) is 2.85. The molecule has 18 heavy (non-hydrogen) atoms. The lowest BCUT2D eigenvalue weighted by Crippen LogP contribution is -2.35. The van der Waals surface area contributed by atoms with Crippen molar-refractivity contribution in [2.45, 2.75) is 44.8 Å². The summed E-state index contributed by atoms with van der Waals surface area (Å²) in [5.41, 5.74) is 1.03. The third-order valence-corrected chi connectivity index (χ3v) is 4.91. The van der Waals surface area contributed by atoms with Gasteiger partial charge in [-0.1, -0.05) is 20.3 Å². The summed E-state index contributed by atoms with van der Waals surface area (Å²) in [5.74, 6) is 0.879. The Morgan fingerprint density at radius 3 is 2.94 bits per heavy atom. The van der Waals surface area contributed by atoms with E-state index in [0.29, 0.717) is 11.8 Å². The second-order valence-corrected chi connectivity index (χ2v) is 6.44. The highest BCUT2D eigenvalue weighted by molar-refractivity contribution is 7.07. The topological polar surface area (TPSA) is 32.3 Å². The molecule has 98 valence electrons. The summed E-state index contributed by atoms with van der Waals surface area (Å²) < 4.78 is 0. The third-order valence-electron chi connectivity index (χ3n) is 4.21. The summed E-state index contributed by atoms with van der Waals surface area (Å²) in [7, 11) is 0. The molecule has 2 aliphatic rings. The lowest BCUT2D eigenvalue weighted by molar-refractivity contribution is -0.131. The fourth-order valence-corrected chi connectivity index (χ4v) is 3.30. The van der Waals surface area contributed by atoms with E-state index < -0.39 is 0 Å². The Morgan fingerprint density at radius 2 is 2.39 bits per heavy atom. The van der Waals surface area contributed by atoms with E-state index >= 15 is 0 Å². The fraction of sp³-hybridized carbons (Fsp3) is 0.643. The molecule has 1 amide bonds. The zero-order valence-electron chi connectivity index (χ0n) is 11.0. The van der Waals surface area contributed by atoms with Crippen LogP contribution in [0.2, 0.25) is 0 Å². The molecule has 1 aromatic heterocycles. The van der Waals surface area contributed by atoms with E-state index in [2.05, 4.69) is 40.9 Å². The van der Waals surface area contributed by atoms with Crippen LogP contribution in [-0.4, -0.2) is 22.9 Å². The maximum absolute atomic E-state index is 12.5. The molecular formula is C14H20N2OS. The van der Waals surface area contributed by atoms with Crippen molar-refractivity contribution in [2.24, 2.45) is 5.92 Å². The summed E-state index contributed by atoms with van der Waals surface area (Å²) in [6.45, 7) is 5.27. The van der Waals surface area contributed by atoms with Crippen LogP contribution in [0.3, 0.4) is 0 Å². The number of rotatable bonds is 4. The lowest BCUT2D eigenvalue weighted by atomic mass is 10.1. The second kappa shape index (κ2) is 4.35. The Kier molecular flexibility index (Phi) is 2.94. The summed E-state index contributed by atoms with van der Waals surface area (Å²) >= 11 is 1.70. The first-order valence-corrected chi connectivity index (χ1v) is 7.71. The molecule has 2 fully saturated rings. The Hall–Kier alpha value is -0.870. The van der Waals surface area contributed by atoms with Crippen LogP contribution >= 0.6 is 11.3 Å². The molecule has 3 rings (SSSR count). The zero-order chi connectivity index (χ0) is 12.8. The SMILES string of the molecule is CCC(C)CN1C(=O)C2(CC2)NC1c1ccsc1. The van der Waals surface area contributed by atoms with Gasteiger partial charge in [0.1, 0.15) is 11.7 Å². The van der Waals surface area contributed by atoms with Crippen LogP contribution in [0, 0.1) is 5.92 Å². The highest BCUT2D eigenvalue weighted by Crippen LogP contribution is 2.46. The highest BCUT2D eigenvalue weighted by atomic mass is 32.1. The molecule has 2 heterocycles. The van der Waals surface area contributed by atoms with E-state index in [1.807, 2.05) is 0 Å². The standard InChI is InChI=1S/C14H20N2OS/c1-3-10(2)8-16-12(11-4-7-18-9-11)15-14(5-6-14)13(16)17/h4,7,9-10,12,15H,3,5-6,8H2,1-2H3. The summed E-state index contributed by atoms with van der Waals surface area (Å²) in [6.07, 6.45) is 3.22. The van der Waals surface area contributed by atoms with E-state index in [0.717, 1.165) is 25.8 Å². The first kappa shape index (κ1) is 12.2. The maximum Gasteiger partial charge on any atom is 0.244 e. The lowest BCUT2D eigenvalue weighted by Gasteiger charge is -2.26. The van der Waals surface area contributed by atoms with Crippen molar-refractivity contribution in [1.82, 2.24) is 10.2 Å². The second-order valence-electron chi connectivity index (χ2n) is 5.66. The molecule has 1 aliphatic carbocycles. The molecule has 2 atom stereocenters. The van der Waals surface area contributed by atoms with E-state index in [9.17, 15) is 4.79 Å². The number of amides is 1. The molecule has 0 radical (unpaired) electrons. The van der Waals surface area contributed by atoms with Crippen molar-refractivity contribution in [1.29, 1.82) is 0 Å². The smallest absolute Gasteiger partial charge is 0.244 e. The maximum atomic E-state index is 12.5. The van der Waals surface area contributed by atoms with E-state index in [-0.39, 0.29) is 11.7 Å². The van der Waals surface area contributed by atoms with Crippen molar-refractivity contribution in [3.05, 3.63) is 22.4 Å². The number of hydrogen-bond acceptors (Lipinski definition) is 3. The molecule has 0 bridgehead atoms. The fourth-order valence-electron chi connectivity index (χ4n) is 2.62. The van der Waals surface area contributed by atoms with Crippen LogP contribution in [0.15, 0.2) is 16.8 Å². The molecule has 1 aromatic rings. The first-order valence-electron chi connectivity index (χ1n) is 6.77. The Balaban J connectivity index is 1.84. The van der Waals surface area contributed by atoms with Crippen LogP contribution in [0.5, 0.6) is 0 Å². The van der Waals surface area contributed by atoms with Crippen molar-refractivity contribution in [3.63, 3.8) is 0 Å². The summed E-state index contributed by atoms with van der Waals surface area (Å²) in [6, 6.07) is 2.13. The predicted molar refractivity (Wildman–Crippen MR) is 73.3 cm³/mol. The molecule has 1 saturated carbocycles. The van der Waals surface area contributed by atoms with Gasteiger partial charge in [0.25, 0.3) is 0 Å². The van der Waals surface area contributed by atoms with Crippen LogP contribution in [0.1, 0.15) is 44.8 Å². The third kappa shape index (κ3) is 1.88. The normalized spacial score (nSPS) is 26.9. The van der Waals surface area contributed by atoms with Gasteiger partial charge in [-0.05, 0) is 41.1 Å². The van der Waals surface area contributed by atoms with E-state index in [1.165, 1.54) is 5.56 Å². The minimum absolute atomic E-state index is 0.0975. The number of nitrogens with one attached hydrogen (secondary N) is 1. The minimum atomic E-state index is -0.208. The van der Waals surface area contributed by atoms with Crippen molar-refractivity contribution in [2.75, 3.05) is 6.54 Å². The van der Waals surface area contributed by atoms with Crippen LogP contribution in [0.4, 0.5) is 0 Å². The molecule has 1 spiro atoms. The van der Waals surface area contributed by atoms with Gasteiger partial charge in [0.2, 0.25) is 5.91 Å². The van der Waals surface area contributed by atoms with E-state index in [4.69, 9.17) is 0 Å². The van der Waals surface area contributed by atoms with Gasteiger partial charge in [0.15, 0.2) is 0 Å². The quantitative estimate of drug-likeness (QED) is 0.907. The number of carbonyl (C=O) groups excluding carboxylic acids is 1. The number of hydrogen-bond donors (Lipinski definition) is 1. The molecular weight excluding hydrogens is 244 g/mol. The van der Waals surface area contributed by atoms with Crippen molar-refractivity contribution < 1.29 is 4.79 Å². The Labute approximate surface area is 112 Å². The Bertz CT molecular complexity index is 439. The molecule has 2 unspecified atom stereocenters. The van der Waals surface area contributed by atoms with Gasteiger partial charge in [-0.15, -0.1) is 0 Å². The largest absolute Gasteiger partial charge is 0.321 e. The zero-order valence-corrected chi connectivity index (χ0v) is 11.8. The van der Waals surface area contributed by atoms with Gasteiger partial charge < -0.3 is 4.90 Å². The van der Waals surface area contributed by atoms with Gasteiger partial charge in [-0.25, -0.2) is 0 Å². The summed E-state index contributed by atoms with van der Waals surface area (Å²) in [5, 5.41) is 7.79. The van der Waals surface area contributed by atoms with Gasteiger partial charge >= 0.3 is 0 Å². The van der Waals surface area contributed by atoms with Gasteiger partial charge in [-0.2, -0.15) is 11.3 Å². The van der Waals surface area contributed by atoms with Crippen LogP contribution in [-0.2, 0) is 4.79 Å². The average molecular weight is 264 g/mol. The van der Waals surface area contributed by atoms with Gasteiger partial charge in [0.05, 0.1) is 0 Å². The van der Waals surface area contributed by atoms with E-state index in [1.54, 1.807) is 11.3 Å². The van der Waals surface area contributed by atoms with Crippen LogP contribution in [0.25, 0.3) is 0 Å². The molecule has 1 saturated heterocycles. The Morgan fingerprint density at radius 1 is 1.61 bits per heavy atom. The first-order chi connectivity index (χ1) is 8.66. The molecule has 1 N–H and O–H groups in total. The number of thiophene rings is 1. The van der Waals surface area contributed by atoms with Crippen molar-refractivity contribution in [3.8, 4) is 0 Å². The molecule has 3 nitrogen and oxygen atoms in total. The van der Waals surface area contributed by atoms with Gasteiger partial charge in [0, 0.05) is 6.54 Å². The molecule has 4 heteroatoms. The monoisotopic (exact) mass is 264 g/mol. The summed E-state index contributed by atoms with van der Waals surface area (Å²) in [4.78, 5) is 14.6. The molecule has 0 aromatic carbocycles. The number of nitrogens with zero attached hydrogens (tertiary/aromatic N) is 1. The van der Waals surface area contributed by atoms with Crippen molar-refractivity contribution >= 4 is 17.2 Å². The molecule has 1 aliphatic heterocycles. The highest BCUT2D eigenvalue weighted by Gasteiger charge is 2.59. The van der Waals surface area contributed by atoms with Crippen LogP contribution < -0.4 is 5.32 Å². The number of carbonyl (C=O) groups is 1. The van der Waals surface area contributed by atoms with Gasteiger partial charge in [-0.3, -0.25) is 10.1 Å². The minimum Gasteiger partial charge on any atom is -0.321 e.